The van der Waals surface area contributed by atoms with Gasteiger partial charge in [-0.15, -0.1) is 0 Å². The Morgan fingerprint density at radius 3 is 2.57 bits per heavy atom. The smallest absolute Gasteiger partial charge is 0.266 e. The van der Waals surface area contributed by atoms with Crippen LogP contribution in [0.3, 0.4) is 0 Å². The molecule has 0 saturated heterocycles. The van der Waals surface area contributed by atoms with Crippen LogP contribution >= 0.6 is 0 Å². The molecule has 3 heteroatoms. The van der Waals surface area contributed by atoms with E-state index < -0.39 is 0 Å². The first kappa shape index (κ1) is 15.2. The highest BCUT2D eigenvalue weighted by Gasteiger charge is 2.12. The zero-order valence-corrected chi connectivity index (χ0v) is 13.2. The van der Waals surface area contributed by atoms with E-state index in [0.717, 1.165) is 35.4 Å². The minimum atomic E-state index is 0.0263. The van der Waals surface area contributed by atoms with Crippen molar-refractivity contribution < 1.29 is 0 Å². The minimum Gasteiger partial charge on any atom is -0.268 e. The molecule has 0 N–H and O–H groups in total. The van der Waals surface area contributed by atoms with Crippen LogP contribution in [0.4, 0.5) is 0 Å². The van der Waals surface area contributed by atoms with E-state index in [-0.39, 0.29) is 5.56 Å². The van der Waals surface area contributed by atoms with E-state index in [4.69, 9.17) is 0 Å². The topological polar surface area (TPSA) is 34.9 Å². The molecule has 1 aliphatic rings. The Labute approximate surface area is 125 Å². The summed E-state index contributed by atoms with van der Waals surface area (Å²) in [6.45, 7) is 7.84. The minimum absolute atomic E-state index is 0.0263. The molecule has 0 radical (unpaired) electrons. The molecule has 0 fully saturated rings. The Balaban J connectivity index is 0.000000774. The van der Waals surface area contributed by atoms with Gasteiger partial charge in [0.05, 0.1) is 10.9 Å². The molecule has 0 spiro atoms. The maximum atomic E-state index is 12.7. The average molecular weight is 282 g/mol. The van der Waals surface area contributed by atoms with Crippen LogP contribution in [0.2, 0.25) is 0 Å². The third kappa shape index (κ3) is 2.82. The third-order valence-corrected chi connectivity index (χ3v) is 3.51. The van der Waals surface area contributed by atoms with E-state index in [1.165, 1.54) is 0 Å². The summed E-state index contributed by atoms with van der Waals surface area (Å²) in [6, 6.07) is 5.79. The first-order valence-electron chi connectivity index (χ1n) is 7.54. The summed E-state index contributed by atoms with van der Waals surface area (Å²) in [5.74, 6) is 0.737. The van der Waals surface area contributed by atoms with E-state index >= 15 is 0 Å². The van der Waals surface area contributed by atoms with Gasteiger partial charge in [-0.25, -0.2) is 4.98 Å². The Morgan fingerprint density at radius 2 is 1.90 bits per heavy atom. The van der Waals surface area contributed by atoms with Crippen LogP contribution in [-0.2, 0) is 0 Å². The van der Waals surface area contributed by atoms with Gasteiger partial charge in [0.25, 0.3) is 5.56 Å². The summed E-state index contributed by atoms with van der Waals surface area (Å²) in [7, 11) is 0. The molecule has 1 aromatic carbocycles. The Bertz CT molecular complexity index is 767. The molecule has 3 nitrogen and oxygen atoms in total. The van der Waals surface area contributed by atoms with E-state index in [1.54, 1.807) is 4.57 Å². The van der Waals surface area contributed by atoms with Gasteiger partial charge in [0.1, 0.15) is 5.82 Å². The Hall–Kier alpha value is -2.16. The van der Waals surface area contributed by atoms with Crippen molar-refractivity contribution in [2.45, 2.75) is 40.5 Å². The first-order chi connectivity index (χ1) is 10.2. The predicted molar refractivity (Wildman–Crippen MR) is 89.5 cm³/mol. The highest BCUT2D eigenvalue weighted by molar-refractivity contribution is 5.82. The zero-order chi connectivity index (χ0) is 15.4. The summed E-state index contributed by atoms with van der Waals surface area (Å²) in [5.41, 5.74) is 2.72. The zero-order valence-electron chi connectivity index (χ0n) is 13.2. The molecule has 0 amide bonds. The number of nitrogens with zero attached hydrogens (tertiary/aromatic N) is 2. The van der Waals surface area contributed by atoms with Crippen molar-refractivity contribution in [3.8, 4) is 0 Å². The fraction of sp³-hybridized carbons (Fsp3) is 0.333. The van der Waals surface area contributed by atoms with Crippen molar-refractivity contribution in [1.29, 1.82) is 0 Å². The summed E-state index contributed by atoms with van der Waals surface area (Å²) in [5, 5.41) is 0.716. The number of hydrogen-bond acceptors (Lipinski definition) is 2. The molecule has 2 aromatic rings. The molecule has 0 bridgehead atoms. The van der Waals surface area contributed by atoms with Crippen LogP contribution in [0.1, 0.15) is 38.1 Å². The van der Waals surface area contributed by atoms with Gasteiger partial charge in [-0.3, -0.25) is 9.36 Å². The largest absolute Gasteiger partial charge is 0.268 e. The fourth-order valence-corrected chi connectivity index (χ4v) is 2.58. The number of fused-ring (bicyclic) bond motifs is 1. The molecule has 21 heavy (non-hydrogen) atoms. The molecule has 3 rings (SSSR count). The quantitative estimate of drug-likeness (QED) is 0.784. The number of hydrogen-bond donors (Lipinski definition) is 0. The maximum Gasteiger partial charge on any atom is 0.266 e. The maximum absolute atomic E-state index is 12.7. The van der Waals surface area contributed by atoms with Gasteiger partial charge in [-0.1, -0.05) is 38.1 Å². The monoisotopic (exact) mass is 282 g/mol. The van der Waals surface area contributed by atoms with Gasteiger partial charge in [0.2, 0.25) is 0 Å². The van der Waals surface area contributed by atoms with Gasteiger partial charge < -0.3 is 0 Å². The standard InChI is InChI=1S/C16H16N2O.C2H6/c1-11-7-6-10-14-15(11)16(19)18(12(2)17-14)13-8-4-3-5-9-13;1-2/h4,6-10H,3,5H2,1-2H3;1-2H3. The number of allylic oxidation sites excluding steroid dienone is 4. The first-order valence-corrected chi connectivity index (χ1v) is 7.54. The lowest BCUT2D eigenvalue weighted by atomic mass is 10.1. The SMILES string of the molecule is CC.Cc1cccc2nc(C)n(C3=CCCC=C3)c(=O)c12. The van der Waals surface area contributed by atoms with E-state index in [0.29, 0.717) is 5.39 Å². The van der Waals surface area contributed by atoms with E-state index in [2.05, 4.69) is 17.1 Å². The lowest BCUT2D eigenvalue weighted by molar-refractivity contribution is 0.899. The van der Waals surface area contributed by atoms with Crippen molar-refractivity contribution in [2.24, 2.45) is 0 Å². The number of rotatable bonds is 1. The highest BCUT2D eigenvalue weighted by atomic mass is 16.1. The van der Waals surface area contributed by atoms with Crippen LogP contribution in [0.25, 0.3) is 16.6 Å². The van der Waals surface area contributed by atoms with Crippen molar-refractivity contribution in [1.82, 2.24) is 9.55 Å². The van der Waals surface area contributed by atoms with Crippen LogP contribution in [0, 0.1) is 13.8 Å². The molecule has 0 aliphatic heterocycles. The van der Waals surface area contributed by atoms with Crippen molar-refractivity contribution in [2.75, 3.05) is 0 Å². The molecule has 1 aliphatic carbocycles. The Morgan fingerprint density at radius 1 is 1.14 bits per heavy atom. The van der Waals surface area contributed by atoms with Gasteiger partial charge >= 0.3 is 0 Å². The van der Waals surface area contributed by atoms with Crippen LogP contribution in [-0.4, -0.2) is 9.55 Å². The third-order valence-electron chi connectivity index (χ3n) is 3.51. The molecule has 0 saturated carbocycles. The van der Waals surface area contributed by atoms with Gasteiger partial charge in [0, 0.05) is 5.70 Å². The van der Waals surface area contributed by atoms with Gasteiger partial charge in [0.15, 0.2) is 0 Å². The predicted octanol–water partition coefficient (Wildman–Crippen LogP) is 4.23. The fourth-order valence-electron chi connectivity index (χ4n) is 2.58. The molecular weight excluding hydrogens is 260 g/mol. The normalized spacial score (nSPS) is 13.6. The number of aromatic nitrogens is 2. The van der Waals surface area contributed by atoms with Crippen molar-refractivity contribution in [3.63, 3.8) is 0 Å². The average Bonchev–Trinajstić information content (AvgIpc) is 2.50. The molecule has 1 heterocycles. The van der Waals surface area contributed by atoms with E-state index in [1.807, 2.05) is 52.0 Å². The Kier molecular flexibility index (Phi) is 4.73. The van der Waals surface area contributed by atoms with E-state index in [9.17, 15) is 4.79 Å². The highest BCUT2D eigenvalue weighted by Crippen LogP contribution is 2.18. The van der Waals surface area contributed by atoms with Gasteiger partial charge in [-0.2, -0.15) is 0 Å². The second-order valence-corrected chi connectivity index (χ2v) is 4.88. The summed E-state index contributed by atoms with van der Waals surface area (Å²) in [4.78, 5) is 17.3. The molecular formula is C18H22N2O. The molecule has 0 unspecified atom stereocenters. The van der Waals surface area contributed by atoms with Crippen molar-refractivity contribution >= 4 is 16.6 Å². The van der Waals surface area contributed by atoms with Crippen LogP contribution < -0.4 is 5.56 Å². The lowest BCUT2D eigenvalue weighted by Crippen LogP contribution is -2.23. The summed E-state index contributed by atoms with van der Waals surface area (Å²) >= 11 is 0. The van der Waals surface area contributed by atoms with Crippen LogP contribution in [0.15, 0.2) is 41.2 Å². The second-order valence-electron chi connectivity index (χ2n) is 4.88. The molecule has 110 valence electrons. The number of aryl methyl sites for hydroxylation is 2. The van der Waals surface area contributed by atoms with Crippen LogP contribution in [0.5, 0.6) is 0 Å². The number of benzene rings is 1. The molecule has 0 atom stereocenters. The summed E-state index contributed by atoms with van der Waals surface area (Å²) < 4.78 is 1.71. The van der Waals surface area contributed by atoms with Gasteiger partial charge in [-0.05, 0) is 44.4 Å². The summed E-state index contributed by atoms with van der Waals surface area (Å²) in [6.07, 6.45) is 8.22. The molecule has 1 aromatic heterocycles. The lowest BCUT2D eigenvalue weighted by Gasteiger charge is -2.14. The second kappa shape index (κ2) is 6.53. The van der Waals surface area contributed by atoms with Crippen molar-refractivity contribution in [3.05, 3.63) is 58.2 Å².